The van der Waals surface area contributed by atoms with E-state index in [-0.39, 0.29) is 11.9 Å². The van der Waals surface area contributed by atoms with Crippen molar-refractivity contribution in [3.63, 3.8) is 0 Å². The number of aryl methyl sites for hydroxylation is 1. The van der Waals surface area contributed by atoms with Crippen LogP contribution >= 0.6 is 0 Å². The van der Waals surface area contributed by atoms with Gasteiger partial charge in [-0.2, -0.15) is 5.26 Å². The van der Waals surface area contributed by atoms with Crippen LogP contribution in [-0.4, -0.2) is 31.0 Å². The number of carbonyl (C=O) groups is 1. The Labute approximate surface area is 148 Å². The Morgan fingerprint density at radius 2 is 1.96 bits per heavy atom. The fourth-order valence-corrected chi connectivity index (χ4v) is 2.51. The second-order valence-corrected chi connectivity index (χ2v) is 6.08. The number of benzene rings is 2. The number of ether oxygens (including phenoxy) is 1. The Kier molecular flexibility index (Phi) is 6.15. The number of hydrogen-bond acceptors (Lipinski definition) is 4. The molecule has 1 amide bonds. The van der Waals surface area contributed by atoms with Gasteiger partial charge in [-0.25, -0.2) is 0 Å². The Hall–Kier alpha value is -2.84. The lowest BCUT2D eigenvalue weighted by molar-refractivity contribution is -0.120. The highest BCUT2D eigenvalue weighted by Crippen LogP contribution is 2.22. The van der Waals surface area contributed by atoms with Crippen LogP contribution in [-0.2, 0) is 11.3 Å². The number of nitriles is 1. The van der Waals surface area contributed by atoms with Crippen LogP contribution in [0.2, 0.25) is 0 Å². The Morgan fingerprint density at radius 3 is 2.56 bits per heavy atom. The zero-order valence-corrected chi connectivity index (χ0v) is 15.0. The van der Waals surface area contributed by atoms with E-state index in [0.717, 1.165) is 16.9 Å². The van der Waals surface area contributed by atoms with Gasteiger partial charge in [0, 0.05) is 17.8 Å². The average Bonchev–Trinajstić information content (AvgIpc) is 2.61. The number of likely N-dealkylation sites (N-methyl/N-ethyl adjacent to an activating group) is 1. The van der Waals surface area contributed by atoms with Crippen LogP contribution < -0.4 is 10.1 Å². The van der Waals surface area contributed by atoms with Crippen molar-refractivity contribution in [3.05, 3.63) is 59.2 Å². The minimum atomic E-state index is -0.319. The number of carbonyl (C=O) groups excluding carboxylic acids is 1. The van der Waals surface area contributed by atoms with E-state index in [4.69, 9.17) is 10.00 Å². The van der Waals surface area contributed by atoms with Crippen LogP contribution in [0.1, 0.15) is 23.6 Å². The lowest BCUT2D eigenvalue weighted by Crippen LogP contribution is -2.39. The van der Waals surface area contributed by atoms with E-state index in [1.807, 2.05) is 37.9 Å². The van der Waals surface area contributed by atoms with Crippen molar-refractivity contribution in [3.8, 4) is 11.8 Å². The van der Waals surface area contributed by atoms with Crippen molar-refractivity contribution in [1.29, 1.82) is 5.26 Å². The van der Waals surface area contributed by atoms with Gasteiger partial charge in [0.05, 0.1) is 24.8 Å². The molecule has 0 radical (unpaired) electrons. The molecule has 25 heavy (non-hydrogen) atoms. The van der Waals surface area contributed by atoms with Crippen molar-refractivity contribution in [2.75, 3.05) is 19.5 Å². The summed E-state index contributed by atoms with van der Waals surface area (Å²) >= 11 is 0. The molecule has 0 heterocycles. The summed E-state index contributed by atoms with van der Waals surface area (Å²) in [6.07, 6.45) is 0. The minimum Gasteiger partial charge on any atom is -0.496 e. The molecule has 0 unspecified atom stereocenters. The van der Waals surface area contributed by atoms with E-state index in [0.29, 0.717) is 17.8 Å². The molecule has 0 saturated carbocycles. The minimum absolute atomic E-state index is 0.0983. The number of methoxy groups -OCH3 is 1. The number of rotatable bonds is 6. The van der Waals surface area contributed by atoms with Crippen LogP contribution in [0, 0.1) is 18.3 Å². The van der Waals surface area contributed by atoms with Gasteiger partial charge < -0.3 is 10.1 Å². The Morgan fingerprint density at radius 1 is 1.28 bits per heavy atom. The van der Waals surface area contributed by atoms with Crippen LogP contribution in [0.3, 0.4) is 0 Å². The maximum absolute atomic E-state index is 12.5. The molecule has 0 aliphatic heterocycles. The van der Waals surface area contributed by atoms with E-state index >= 15 is 0 Å². The highest BCUT2D eigenvalue weighted by atomic mass is 16.5. The molecule has 0 spiro atoms. The molecular formula is C20H23N3O2. The summed E-state index contributed by atoms with van der Waals surface area (Å²) in [4.78, 5) is 14.4. The third kappa shape index (κ3) is 4.82. The SMILES string of the molecule is COc1ccc(C)cc1CN(C)[C@H](C)C(=O)Nc1ccc(C#N)cc1. The topological polar surface area (TPSA) is 65.4 Å². The molecule has 2 aromatic carbocycles. The number of nitrogens with one attached hydrogen (secondary N) is 1. The van der Waals surface area contributed by atoms with Crippen molar-refractivity contribution in [2.45, 2.75) is 26.4 Å². The largest absolute Gasteiger partial charge is 0.496 e. The Bertz CT molecular complexity index is 779. The van der Waals surface area contributed by atoms with Crippen molar-refractivity contribution in [2.24, 2.45) is 0 Å². The van der Waals surface area contributed by atoms with Gasteiger partial charge in [-0.3, -0.25) is 9.69 Å². The standard InChI is InChI=1S/C20H23N3O2/c1-14-5-10-19(25-4)17(11-14)13-23(3)15(2)20(24)22-18-8-6-16(12-21)7-9-18/h5-11,15H,13H2,1-4H3,(H,22,24)/t15-/m1/s1. The summed E-state index contributed by atoms with van der Waals surface area (Å²) < 4.78 is 5.41. The molecule has 2 aromatic rings. The first-order valence-corrected chi connectivity index (χ1v) is 8.09. The number of nitrogens with zero attached hydrogens (tertiary/aromatic N) is 2. The summed E-state index contributed by atoms with van der Waals surface area (Å²) in [5.74, 6) is 0.718. The third-order valence-corrected chi connectivity index (χ3v) is 4.18. The van der Waals surface area contributed by atoms with Gasteiger partial charge >= 0.3 is 0 Å². The molecular weight excluding hydrogens is 314 g/mol. The first-order chi connectivity index (χ1) is 11.9. The van der Waals surface area contributed by atoms with Gasteiger partial charge in [0.2, 0.25) is 5.91 Å². The van der Waals surface area contributed by atoms with Crippen LogP contribution in [0.5, 0.6) is 5.75 Å². The van der Waals surface area contributed by atoms with Crippen molar-refractivity contribution in [1.82, 2.24) is 4.90 Å². The van der Waals surface area contributed by atoms with Crippen LogP contribution in [0.25, 0.3) is 0 Å². The molecule has 0 fully saturated rings. The predicted octanol–water partition coefficient (Wildman–Crippen LogP) is 3.33. The Balaban J connectivity index is 2.03. The summed E-state index contributed by atoms with van der Waals surface area (Å²) in [5.41, 5.74) is 3.44. The summed E-state index contributed by atoms with van der Waals surface area (Å²) in [6.45, 7) is 4.50. The van der Waals surface area contributed by atoms with E-state index in [1.54, 1.807) is 31.4 Å². The molecule has 1 atom stereocenters. The van der Waals surface area contributed by atoms with Gasteiger partial charge in [-0.1, -0.05) is 17.7 Å². The predicted molar refractivity (Wildman–Crippen MR) is 98.4 cm³/mol. The van der Waals surface area contributed by atoms with E-state index < -0.39 is 0 Å². The van der Waals surface area contributed by atoms with Gasteiger partial charge in [-0.15, -0.1) is 0 Å². The number of amides is 1. The van der Waals surface area contributed by atoms with Gasteiger partial charge in [-0.05, 0) is 51.2 Å². The monoisotopic (exact) mass is 337 g/mol. The maximum atomic E-state index is 12.5. The summed E-state index contributed by atoms with van der Waals surface area (Å²) in [6, 6.07) is 14.6. The van der Waals surface area contributed by atoms with Crippen LogP contribution in [0.15, 0.2) is 42.5 Å². The van der Waals surface area contributed by atoms with Gasteiger partial charge in [0.15, 0.2) is 0 Å². The lowest BCUT2D eigenvalue weighted by atomic mass is 10.1. The highest BCUT2D eigenvalue weighted by molar-refractivity contribution is 5.94. The van der Waals surface area contributed by atoms with Crippen molar-refractivity contribution < 1.29 is 9.53 Å². The summed E-state index contributed by atoms with van der Waals surface area (Å²) in [7, 11) is 3.56. The number of anilines is 1. The maximum Gasteiger partial charge on any atom is 0.241 e. The lowest BCUT2D eigenvalue weighted by Gasteiger charge is -2.25. The third-order valence-electron chi connectivity index (χ3n) is 4.18. The normalized spacial score (nSPS) is 11.7. The fraction of sp³-hybridized carbons (Fsp3) is 0.300. The van der Waals surface area contributed by atoms with Gasteiger partial charge in [0.1, 0.15) is 5.75 Å². The molecule has 1 N–H and O–H groups in total. The molecule has 5 heteroatoms. The first kappa shape index (κ1) is 18.5. The second kappa shape index (κ2) is 8.32. The van der Waals surface area contributed by atoms with E-state index in [9.17, 15) is 4.79 Å². The van der Waals surface area contributed by atoms with Crippen LogP contribution in [0.4, 0.5) is 5.69 Å². The average molecular weight is 337 g/mol. The zero-order valence-electron chi connectivity index (χ0n) is 15.0. The smallest absolute Gasteiger partial charge is 0.241 e. The molecule has 2 rings (SSSR count). The molecule has 0 saturated heterocycles. The van der Waals surface area contributed by atoms with E-state index in [2.05, 4.69) is 17.5 Å². The van der Waals surface area contributed by atoms with E-state index in [1.165, 1.54) is 0 Å². The first-order valence-electron chi connectivity index (χ1n) is 8.09. The zero-order chi connectivity index (χ0) is 18.4. The highest BCUT2D eigenvalue weighted by Gasteiger charge is 2.19. The molecule has 0 aliphatic carbocycles. The molecule has 0 aliphatic rings. The van der Waals surface area contributed by atoms with Gasteiger partial charge in [0.25, 0.3) is 0 Å². The quantitative estimate of drug-likeness (QED) is 0.878. The molecule has 130 valence electrons. The molecule has 0 bridgehead atoms. The summed E-state index contributed by atoms with van der Waals surface area (Å²) in [5, 5.41) is 11.7. The fourth-order valence-electron chi connectivity index (χ4n) is 2.51. The molecule has 5 nitrogen and oxygen atoms in total. The second-order valence-electron chi connectivity index (χ2n) is 6.08. The number of hydrogen-bond donors (Lipinski definition) is 1. The molecule has 0 aromatic heterocycles. The van der Waals surface area contributed by atoms with Crippen molar-refractivity contribution >= 4 is 11.6 Å².